The second-order valence-electron chi connectivity index (χ2n) is 12.1. The minimum Gasteiger partial charge on any atom is -0.377 e. The summed E-state index contributed by atoms with van der Waals surface area (Å²) in [5.41, 5.74) is 1.63. The molecule has 0 N–H and O–H groups in total. The highest BCUT2D eigenvalue weighted by atomic mass is 32.1. The standard InChI is InChI=1S/C30H41N3O3S/c1-21-16-23(18-30(2,3)17-21)36-20-24(37)19-32-12-10-31(11-13-32)14-15-33-28(34)25-8-4-6-22-7-5-9-26(27(22)25)29(33)35/h4-9,21,23-24,37H,10-20H2,1-3H3. The molecule has 0 aromatic heterocycles. The number of carbonyl (C=O) groups is 2. The molecule has 2 amide bonds. The quantitative estimate of drug-likeness (QED) is 0.405. The van der Waals surface area contributed by atoms with Gasteiger partial charge in [-0.2, -0.15) is 12.6 Å². The maximum absolute atomic E-state index is 13.1. The molecule has 3 aliphatic rings. The molecule has 6 nitrogen and oxygen atoms in total. The van der Waals surface area contributed by atoms with Crippen LogP contribution in [0.3, 0.4) is 0 Å². The second-order valence-corrected chi connectivity index (χ2v) is 12.9. The smallest absolute Gasteiger partial charge is 0.261 e. The van der Waals surface area contributed by atoms with E-state index in [4.69, 9.17) is 17.4 Å². The summed E-state index contributed by atoms with van der Waals surface area (Å²) in [6.07, 6.45) is 3.93. The van der Waals surface area contributed by atoms with Crippen LogP contribution in [0.5, 0.6) is 0 Å². The van der Waals surface area contributed by atoms with Crippen molar-refractivity contribution in [3.63, 3.8) is 0 Å². The van der Waals surface area contributed by atoms with Gasteiger partial charge in [0, 0.05) is 67.6 Å². The van der Waals surface area contributed by atoms with Crippen LogP contribution in [0.1, 0.15) is 60.7 Å². The average Bonchev–Trinajstić information content (AvgIpc) is 2.85. The topological polar surface area (TPSA) is 53.1 Å². The van der Waals surface area contributed by atoms with Gasteiger partial charge in [-0.1, -0.05) is 45.0 Å². The first-order chi connectivity index (χ1) is 17.7. The molecule has 2 aromatic rings. The van der Waals surface area contributed by atoms with E-state index in [1.807, 2.05) is 36.4 Å². The number of piperazine rings is 1. The van der Waals surface area contributed by atoms with E-state index in [2.05, 4.69) is 30.6 Å². The van der Waals surface area contributed by atoms with E-state index in [9.17, 15) is 9.59 Å². The third-order valence-corrected chi connectivity index (χ3v) is 8.61. The van der Waals surface area contributed by atoms with Crippen LogP contribution in [0, 0.1) is 11.3 Å². The largest absolute Gasteiger partial charge is 0.377 e. The van der Waals surface area contributed by atoms with Gasteiger partial charge in [0.15, 0.2) is 0 Å². The summed E-state index contributed by atoms with van der Waals surface area (Å²) in [7, 11) is 0. The fourth-order valence-electron chi connectivity index (χ4n) is 6.70. The van der Waals surface area contributed by atoms with Crippen molar-refractivity contribution in [2.24, 2.45) is 11.3 Å². The van der Waals surface area contributed by atoms with Crippen LogP contribution in [0.25, 0.3) is 10.8 Å². The van der Waals surface area contributed by atoms with Gasteiger partial charge in [-0.3, -0.25) is 24.3 Å². The molecular weight excluding hydrogens is 482 g/mol. The summed E-state index contributed by atoms with van der Waals surface area (Å²) in [6, 6.07) is 11.4. The Labute approximate surface area is 226 Å². The molecule has 2 fully saturated rings. The number of thiol groups is 1. The molecule has 3 atom stereocenters. The Morgan fingerprint density at radius 1 is 0.946 bits per heavy atom. The van der Waals surface area contributed by atoms with E-state index in [0.717, 1.165) is 62.3 Å². The molecule has 1 saturated carbocycles. The van der Waals surface area contributed by atoms with E-state index in [0.29, 0.717) is 42.3 Å². The number of hydrogen-bond acceptors (Lipinski definition) is 6. The van der Waals surface area contributed by atoms with Gasteiger partial charge >= 0.3 is 0 Å². The van der Waals surface area contributed by atoms with Crippen molar-refractivity contribution in [2.75, 3.05) is 52.4 Å². The predicted octanol–water partition coefficient (Wildman–Crippen LogP) is 4.58. The van der Waals surface area contributed by atoms with Crippen molar-refractivity contribution < 1.29 is 14.3 Å². The normalized spacial score (nSPS) is 25.6. The van der Waals surface area contributed by atoms with Crippen molar-refractivity contribution >= 4 is 35.2 Å². The zero-order valence-corrected chi connectivity index (χ0v) is 23.4. The summed E-state index contributed by atoms with van der Waals surface area (Å²) in [4.78, 5) is 32.5. The van der Waals surface area contributed by atoms with E-state index < -0.39 is 0 Å². The van der Waals surface area contributed by atoms with Crippen LogP contribution >= 0.6 is 12.6 Å². The molecule has 200 valence electrons. The predicted molar refractivity (Wildman–Crippen MR) is 152 cm³/mol. The number of benzene rings is 2. The molecule has 2 aromatic carbocycles. The van der Waals surface area contributed by atoms with Crippen LogP contribution in [0.15, 0.2) is 36.4 Å². The van der Waals surface area contributed by atoms with Gasteiger partial charge in [0.2, 0.25) is 0 Å². The average molecular weight is 524 g/mol. The molecule has 3 unspecified atom stereocenters. The minimum absolute atomic E-state index is 0.179. The lowest BCUT2D eigenvalue weighted by Crippen LogP contribution is -2.51. The first kappa shape index (κ1) is 26.7. The highest BCUT2D eigenvalue weighted by Crippen LogP contribution is 2.39. The summed E-state index contributed by atoms with van der Waals surface area (Å²) in [6.45, 7) is 13.6. The fraction of sp³-hybridized carbons (Fsp3) is 0.600. The van der Waals surface area contributed by atoms with Crippen LogP contribution in [-0.4, -0.2) is 90.3 Å². The Balaban J connectivity index is 1.07. The van der Waals surface area contributed by atoms with Crippen molar-refractivity contribution in [1.29, 1.82) is 0 Å². The molecule has 0 spiro atoms. The van der Waals surface area contributed by atoms with Crippen LogP contribution < -0.4 is 0 Å². The number of rotatable bonds is 8. The Bertz CT molecular complexity index is 1090. The number of carbonyl (C=O) groups excluding carboxylic acids is 2. The zero-order chi connectivity index (χ0) is 26.2. The van der Waals surface area contributed by atoms with Crippen molar-refractivity contribution in [2.45, 2.75) is 51.4 Å². The number of amides is 2. The number of imide groups is 1. The first-order valence-electron chi connectivity index (χ1n) is 13.8. The Morgan fingerprint density at radius 2 is 1.57 bits per heavy atom. The second kappa shape index (κ2) is 11.0. The molecule has 1 saturated heterocycles. The summed E-state index contributed by atoms with van der Waals surface area (Å²) >= 11 is 4.84. The van der Waals surface area contributed by atoms with Gasteiger partial charge in [0.1, 0.15) is 0 Å². The molecule has 0 radical (unpaired) electrons. The van der Waals surface area contributed by atoms with Gasteiger partial charge in [0.05, 0.1) is 12.7 Å². The molecule has 5 rings (SSSR count). The summed E-state index contributed by atoms with van der Waals surface area (Å²) < 4.78 is 6.30. The van der Waals surface area contributed by atoms with Crippen LogP contribution in [0.2, 0.25) is 0 Å². The number of nitrogens with zero attached hydrogens (tertiary/aromatic N) is 3. The highest BCUT2D eigenvalue weighted by molar-refractivity contribution is 7.81. The van der Waals surface area contributed by atoms with Gasteiger partial charge in [-0.05, 0) is 48.1 Å². The molecule has 0 bridgehead atoms. The minimum atomic E-state index is -0.179. The molecule has 7 heteroatoms. The summed E-state index contributed by atoms with van der Waals surface area (Å²) in [5, 5.41) is 1.94. The van der Waals surface area contributed by atoms with Crippen molar-refractivity contribution in [3.8, 4) is 0 Å². The maximum Gasteiger partial charge on any atom is 0.261 e. The maximum atomic E-state index is 13.1. The van der Waals surface area contributed by atoms with Crippen molar-refractivity contribution in [1.82, 2.24) is 14.7 Å². The Morgan fingerprint density at radius 3 is 2.19 bits per heavy atom. The fourth-order valence-corrected chi connectivity index (χ4v) is 7.02. The molecular formula is C30H41N3O3S. The third-order valence-electron chi connectivity index (χ3n) is 8.30. The van der Waals surface area contributed by atoms with Gasteiger partial charge < -0.3 is 4.74 Å². The van der Waals surface area contributed by atoms with E-state index >= 15 is 0 Å². The highest BCUT2D eigenvalue weighted by Gasteiger charge is 2.34. The number of hydrogen-bond donors (Lipinski definition) is 1. The van der Waals surface area contributed by atoms with Gasteiger partial charge in [-0.25, -0.2) is 0 Å². The molecule has 2 aliphatic heterocycles. The first-order valence-corrected chi connectivity index (χ1v) is 14.3. The monoisotopic (exact) mass is 523 g/mol. The molecule has 1 aliphatic carbocycles. The zero-order valence-electron chi connectivity index (χ0n) is 22.5. The van der Waals surface area contributed by atoms with Crippen molar-refractivity contribution in [3.05, 3.63) is 47.5 Å². The summed E-state index contributed by atoms with van der Waals surface area (Å²) in [5.74, 6) is 0.363. The molecule has 37 heavy (non-hydrogen) atoms. The van der Waals surface area contributed by atoms with Crippen LogP contribution in [-0.2, 0) is 4.74 Å². The Hall–Kier alpha value is -1.93. The molecule has 2 heterocycles. The lowest BCUT2D eigenvalue weighted by atomic mass is 9.71. The number of ether oxygens (including phenoxy) is 1. The SMILES string of the molecule is CC1CC(OCC(S)CN2CCN(CCN3C(=O)c4cccc5cccc(c45)C3=O)CC2)CC(C)(C)C1. The van der Waals surface area contributed by atoms with Gasteiger partial charge in [0.25, 0.3) is 11.8 Å². The lowest BCUT2D eigenvalue weighted by Gasteiger charge is -2.39. The lowest BCUT2D eigenvalue weighted by molar-refractivity contribution is -0.0243. The van der Waals surface area contributed by atoms with E-state index in [-0.39, 0.29) is 17.1 Å². The van der Waals surface area contributed by atoms with Crippen LogP contribution in [0.4, 0.5) is 0 Å². The third kappa shape index (κ3) is 6.06. The van der Waals surface area contributed by atoms with E-state index in [1.165, 1.54) is 11.3 Å². The van der Waals surface area contributed by atoms with E-state index in [1.54, 1.807) is 0 Å². The Kier molecular flexibility index (Phi) is 7.96. The van der Waals surface area contributed by atoms with Gasteiger partial charge in [-0.15, -0.1) is 0 Å².